The van der Waals surface area contributed by atoms with Crippen molar-refractivity contribution in [2.75, 3.05) is 41.0 Å². The Morgan fingerprint density at radius 2 is 0.935 bits per heavy atom. The van der Waals surface area contributed by atoms with Crippen molar-refractivity contribution >= 4 is 17.9 Å². The van der Waals surface area contributed by atoms with E-state index in [1.165, 1.54) is 70.6 Å². The third-order valence-electron chi connectivity index (χ3n) is 10.3. The highest BCUT2D eigenvalue weighted by Gasteiger charge is 2.25. The number of ether oxygens (including phenoxy) is 3. The monoisotopic (exact) mass is 864 g/mol. The summed E-state index contributed by atoms with van der Waals surface area (Å²) in [4.78, 5) is 37.0. The van der Waals surface area contributed by atoms with Crippen LogP contribution in [0.4, 0.5) is 0 Å². The zero-order valence-corrected chi connectivity index (χ0v) is 40.0. The first-order valence-electron chi connectivity index (χ1n) is 24.3. The van der Waals surface area contributed by atoms with Crippen LogP contribution in [0.15, 0.2) is 97.2 Å². The second kappa shape index (κ2) is 43.9. The summed E-state index contributed by atoms with van der Waals surface area (Å²) in [5.41, 5.74) is 0. The van der Waals surface area contributed by atoms with Gasteiger partial charge in [-0.15, -0.1) is 0 Å². The predicted molar refractivity (Wildman–Crippen MR) is 258 cm³/mol. The first-order valence-corrected chi connectivity index (χ1v) is 24.3. The van der Waals surface area contributed by atoms with Gasteiger partial charge in [-0.2, -0.15) is 0 Å². The van der Waals surface area contributed by atoms with E-state index in [1.54, 1.807) is 21.1 Å². The molecule has 0 aromatic rings. The lowest BCUT2D eigenvalue weighted by Crippen LogP contribution is -2.55. The van der Waals surface area contributed by atoms with Crippen LogP contribution in [0, 0.1) is 0 Å². The number of likely N-dealkylation sites (N-methyl/N-ethyl adjacent to an activating group) is 1. The maximum Gasteiger partial charge on any atom is 0.306 e. The van der Waals surface area contributed by atoms with E-state index in [0.717, 1.165) is 64.2 Å². The summed E-state index contributed by atoms with van der Waals surface area (Å²) < 4.78 is 17.2. The van der Waals surface area contributed by atoms with Crippen molar-refractivity contribution in [2.45, 2.75) is 187 Å². The van der Waals surface area contributed by atoms with E-state index in [9.17, 15) is 19.5 Å². The molecular weight excluding hydrogens is 775 g/mol. The molecule has 0 radical (unpaired) electrons. The van der Waals surface area contributed by atoms with E-state index < -0.39 is 18.1 Å². The molecule has 0 saturated heterocycles. The number of unbranched alkanes of at least 4 members (excludes halogenated alkanes) is 16. The Kier molecular flexibility index (Phi) is 41.2. The average Bonchev–Trinajstić information content (AvgIpc) is 3.23. The van der Waals surface area contributed by atoms with Crippen LogP contribution in [0.1, 0.15) is 174 Å². The molecule has 62 heavy (non-hydrogen) atoms. The van der Waals surface area contributed by atoms with Crippen LogP contribution >= 0.6 is 0 Å². The van der Waals surface area contributed by atoms with Crippen LogP contribution in [0.25, 0.3) is 0 Å². The van der Waals surface area contributed by atoms with Crippen LogP contribution in [0.5, 0.6) is 0 Å². The van der Waals surface area contributed by atoms with Crippen molar-refractivity contribution in [2.24, 2.45) is 0 Å². The Bertz CT molecular complexity index is 1330. The molecule has 0 aliphatic carbocycles. The number of hydrogen-bond acceptors (Lipinski definition) is 7. The molecule has 8 nitrogen and oxygen atoms in total. The first kappa shape index (κ1) is 58.2. The third kappa shape index (κ3) is 41.6. The maximum atomic E-state index is 12.7. The summed E-state index contributed by atoms with van der Waals surface area (Å²) >= 11 is 0. The molecule has 0 aliphatic rings. The minimum Gasteiger partial charge on any atom is -0.544 e. The minimum absolute atomic E-state index is 0.0177. The summed E-state index contributed by atoms with van der Waals surface area (Å²) in [5, 5.41) is 11.6. The quantitative estimate of drug-likeness (QED) is 0.0198. The lowest BCUT2D eigenvalue weighted by atomic mass is 10.0. The first-order chi connectivity index (χ1) is 30.1. The van der Waals surface area contributed by atoms with Gasteiger partial charge in [0.1, 0.15) is 12.6 Å². The fourth-order valence-electron chi connectivity index (χ4n) is 6.64. The molecule has 2 atom stereocenters. The summed E-state index contributed by atoms with van der Waals surface area (Å²) in [6.07, 6.45) is 58.7. The van der Waals surface area contributed by atoms with Crippen LogP contribution in [0.3, 0.4) is 0 Å². The van der Waals surface area contributed by atoms with Crippen LogP contribution in [0.2, 0.25) is 0 Å². The highest BCUT2D eigenvalue weighted by atomic mass is 16.6. The van der Waals surface area contributed by atoms with E-state index in [0.29, 0.717) is 12.8 Å². The number of carbonyl (C=O) groups is 3. The molecule has 0 aliphatic heterocycles. The Balaban J connectivity index is 4.28. The van der Waals surface area contributed by atoms with Crippen LogP contribution < -0.4 is 5.11 Å². The molecule has 2 unspecified atom stereocenters. The molecular formula is C54H89NO7. The van der Waals surface area contributed by atoms with Gasteiger partial charge in [-0.3, -0.25) is 9.59 Å². The van der Waals surface area contributed by atoms with Gasteiger partial charge in [0.25, 0.3) is 0 Å². The molecule has 0 rings (SSSR count). The number of esters is 2. The van der Waals surface area contributed by atoms with Gasteiger partial charge in [-0.1, -0.05) is 188 Å². The smallest absolute Gasteiger partial charge is 0.306 e. The van der Waals surface area contributed by atoms with Crippen molar-refractivity contribution < 1.29 is 38.2 Å². The lowest BCUT2D eigenvalue weighted by molar-refractivity contribution is -0.889. The fraction of sp³-hybridized carbons (Fsp3) is 0.648. The number of nitrogens with zero attached hydrogens (tertiary/aromatic N) is 1. The van der Waals surface area contributed by atoms with E-state index >= 15 is 0 Å². The van der Waals surface area contributed by atoms with Crippen molar-refractivity contribution in [3.05, 3.63) is 97.2 Å². The van der Waals surface area contributed by atoms with E-state index in [-0.39, 0.29) is 49.1 Å². The van der Waals surface area contributed by atoms with E-state index in [4.69, 9.17) is 14.2 Å². The van der Waals surface area contributed by atoms with Gasteiger partial charge in [-0.25, -0.2) is 0 Å². The molecule has 0 bridgehead atoms. The molecule has 8 heteroatoms. The molecule has 352 valence electrons. The zero-order valence-electron chi connectivity index (χ0n) is 40.0. The maximum absolute atomic E-state index is 12.7. The molecule has 0 amide bonds. The standard InChI is InChI=1S/C54H89NO7/c1-6-8-10-12-14-16-18-20-22-23-24-25-26-27-28-29-31-32-34-36-38-40-42-44-52(56)61-49-50(48-60-47-46-51(54(58)59)55(3,4)5)62-53(57)45-43-41-39-37-35-33-30-21-19-17-15-13-11-9-7-2/h8-11,13-17,19-22,30,33,35,50-51H,6-7,12,18,23-29,31-32,34,36-49H2,1-5H3/b10-8+,11-9+,15-13+,16-14+,19-17+,22-20+,30-21+,35-33+. The van der Waals surface area contributed by atoms with Gasteiger partial charge in [-0.05, 0) is 64.2 Å². The van der Waals surface area contributed by atoms with Crippen molar-refractivity contribution in [1.29, 1.82) is 0 Å². The molecule has 0 aromatic carbocycles. The van der Waals surface area contributed by atoms with Gasteiger partial charge < -0.3 is 28.6 Å². The number of rotatable bonds is 42. The summed E-state index contributed by atoms with van der Waals surface area (Å²) in [6, 6.07) is -0.739. The molecule has 0 saturated carbocycles. The van der Waals surface area contributed by atoms with Gasteiger partial charge in [0.15, 0.2) is 6.10 Å². The summed E-state index contributed by atoms with van der Waals surface area (Å²) in [5.74, 6) is -1.80. The summed E-state index contributed by atoms with van der Waals surface area (Å²) in [7, 11) is 5.38. The highest BCUT2D eigenvalue weighted by molar-refractivity contribution is 5.70. The number of hydrogen-bond donors (Lipinski definition) is 0. The molecule has 0 spiro atoms. The van der Waals surface area contributed by atoms with Crippen molar-refractivity contribution in [1.82, 2.24) is 0 Å². The Hall–Kier alpha value is -3.75. The Morgan fingerprint density at radius 1 is 0.500 bits per heavy atom. The predicted octanol–water partition coefficient (Wildman–Crippen LogP) is 12.5. The molecule has 0 aromatic heterocycles. The zero-order chi connectivity index (χ0) is 45.6. The topological polar surface area (TPSA) is 102 Å². The number of carboxylic acid groups (broad SMARTS) is 1. The fourth-order valence-corrected chi connectivity index (χ4v) is 6.64. The normalized spacial score (nSPS) is 13.8. The van der Waals surface area contributed by atoms with Gasteiger partial charge in [0, 0.05) is 19.3 Å². The number of carbonyl (C=O) groups excluding carboxylic acids is 3. The van der Waals surface area contributed by atoms with Crippen LogP contribution in [-0.4, -0.2) is 75.5 Å². The number of quaternary nitrogens is 1. The van der Waals surface area contributed by atoms with Gasteiger partial charge in [0.05, 0.1) is 40.3 Å². The van der Waals surface area contributed by atoms with Crippen molar-refractivity contribution in [3.63, 3.8) is 0 Å². The highest BCUT2D eigenvalue weighted by Crippen LogP contribution is 2.15. The number of aliphatic carboxylic acids is 1. The molecule has 0 heterocycles. The third-order valence-corrected chi connectivity index (χ3v) is 10.3. The summed E-state index contributed by atoms with van der Waals surface area (Å²) in [6.45, 7) is 4.35. The number of allylic oxidation sites excluding steroid dienone is 16. The Labute approximate surface area is 379 Å². The minimum atomic E-state index is -1.14. The average molecular weight is 864 g/mol. The van der Waals surface area contributed by atoms with E-state index in [2.05, 4.69) is 62.5 Å². The second-order valence-corrected chi connectivity index (χ2v) is 17.1. The largest absolute Gasteiger partial charge is 0.544 e. The van der Waals surface area contributed by atoms with Gasteiger partial charge in [0.2, 0.25) is 0 Å². The van der Waals surface area contributed by atoms with Gasteiger partial charge >= 0.3 is 11.9 Å². The van der Waals surface area contributed by atoms with Crippen molar-refractivity contribution in [3.8, 4) is 0 Å². The lowest BCUT2D eigenvalue weighted by Gasteiger charge is -2.34. The number of carboxylic acids is 1. The molecule has 0 N–H and O–H groups in total. The molecule has 0 fully saturated rings. The Morgan fingerprint density at radius 3 is 1.47 bits per heavy atom. The second-order valence-electron chi connectivity index (χ2n) is 17.1. The SMILES string of the molecule is CC/C=C/C=C/C=C/C=C/C=C/CCCCCC(=O)OC(COCCC(C(=O)[O-])[N+](C)(C)C)COC(=O)CCCCCCCCCCCCCCC/C=C/C/C=C/C/C=C/CC. The van der Waals surface area contributed by atoms with E-state index in [1.807, 2.05) is 48.6 Å². The van der Waals surface area contributed by atoms with Crippen LogP contribution in [-0.2, 0) is 28.6 Å².